The quantitative estimate of drug-likeness (QED) is 0.275. The van der Waals surface area contributed by atoms with Crippen molar-refractivity contribution < 1.29 is 10.0 Å². The molecule has 0 spiro atoms. The summed E-state index contributed by atoms with van der Waals surface area (Å²) in [4.78, 5) is 16.6. The number of carbonyl (C=O) groups excluding carboxylic acids is 1. The van der Waals surface area contributed by atoms with Gasteiger partial charge in [0.15, 0.2) is 5.78 Å². The van der Waals surface area contributed by atoms with E-state index < -0.39 is 0 Å². The molecule has 0 aliphatic heterocycles. The van der Waals surface area contributed by atoms with Crippen molar-refractivity contribution in [1.82, 2.24) is 4.98 Å². The molecule has 0 aliphatic carbocycles. The highest BCUT2D eigenvalue weighted by Crippen LogP contribution is 2.17. The standard InChI is InChI=1S/C18H20N2O2/c1-2-3-4-12-17(21)14-9-5-6-10-15(14)18(20-22)16-11-7-8-13-19-16/h5-11,13,22H,2-4,12H2,1H3. The second kappa shape index (κ2) is 8.08. The van der Waals surface area contributed by atoms with E-state index in [-0.39, 0.29) is 5.78 Å². The number of oxime groups is 1. The summed E-state index contributed by atoms with van der Waals surface area (Å²) in [5.74, 6) is 0.0705. The highest BCUT2D eigenvalue weighted by Gasteiger charge is 2.17. The summed E-state index contributed by atoms with van der Waals surface area (Å²) >= 11 is 0. The van der Waals surface area contributed by atoms with Crippen LogP contribution in [0.4, 0.5) is 0 Å². The Bertz CT molecular complexity index is 651. The fraction of sp³-hybridized carbons (Fsp3) is 0.278. The van der Waals surface area contributed by atoms with E-state index in [0.29, 0.717) is 29.0 Å². The zero-order valence-corrected chi connectivity index (χ0v) is 12.7. The SMILES string of the molecule is CCCCCC(=O)c1ccccc1C(=NO)c1ccccn1. The summed E-state index contributed by atoms with van der Waals surface area (Å²) < 4.78 is 0. The normalized spacial score (nSPS) is 11.4. The summed E-state index contributed by atoms with van der Waals surface area (Å²) in [6.07, 6.45) is 5.12. The molecule has 0 unspecified atom stereocenters. The number of nitrogens with zero attached hydrogens (tertiary/aromatic N) is 2. The molecular formula is C18H20N2O2. The first-order valence-electron chi connectivity index (χ1n) is 7.54. The van der Waals surface area contributed by atoms with E-state index in [9.17, 15) is 10.0 Å². The minimum absolute atomic E-state index is 0.0705. The number of carbonyl (C=O) groups is 1. The van der Waals surface area contributed by atoms with E-state index in [2.05, 4.69) is 17.1 Å². The Kier molecular flexibility index (Phi) is 5.83. The molecule has 0 aliphatic rings. The summed E-state index contributed by atoms with van der Waals surface area (Å²) in [6, 6.07) is 12.6. The molecule has 0 bridgehead atoms. The van der Waals surface area contributed by atoms with E-state index in [4.69, 9.17) is 0 Å². The second-order valence-electron chi connectivity index (χ2n) is 5.09. The number of unbranched alkanes of at least 4 members (excludes halogenated alkanes) is 2. The van der Waals surface area contributed by atoms with Gasteiger partial charge in [0.1, 0.15) is 5.71 Å². The van der Waals surface area contributed by atoms with Gasteiger partial charge in [0, 0.05) is 23.7 Å². The number of Topliss-reactive ketones (excluding diaryl/α,β-unsaturated/α-hetero) is 1. The Morgan fingerprint density at radius 3 is 2.45 bits per heavy atom. The van der Waals surface area contributed by atoms with E-state index in [1.807, 2.05) is 18.2 Å². The average molecular weight is 296 g/mol. The van der Waals surface area contributed by atoms with Gasteiger partial charge in [-0.05, 0) is 18.6 Å². The Morgan fingerprint density at radius 2 is 1.82 bits per heavy atom. The fourth-order valence-corrected chi connectivity index (χ4v) is 2.35. The van der Waals surface area contributed by atoms with Crippen molar-refractivity contribution in [2.75, 3.05) is 0 Å². The molecular weight excluding hydrogens is 276 g/mol. The summed E-state index contributed by atoms with van der Waals surface area (Å²) in [6.45, 7) is 2.11. The van der Waals surface area contributed by atoms with Crippen LogP contribution in [0, 0.1) is 0 Å². The topological polar surface area (TPSA) is 62.5 Å². The number of ketones is 1. The molecule has 1 aromatic heterocycles. The van der Waals surface area contributed by atoms with Gasteiger partial charge in [-0.25, -0.2) is 0 Å². The number of rotatable bonds is 7. The molecule has 4 nitrogen and oxygen atoms in total. The van der Waals surface area contributed by atoms with Crippen LogP contribution in [0.2, 0.25) is 0 Å². The predicted octanol–water partition coefficient (Wildman–Crippen LogP) is 4.07. The summed E-state index contributed by atoms with van der Waals surface area (Å²) in [5, 5.41) is 12.8. The van der Waals surface area contributed by atoms with E-state index >= 15 is 0 Å². The predicted molar refractivity (Wildman–Crippen MR) is 86.6 cm³/mol. The lowest BCUT2D eigenvalue weighted by molar-refractivity contribution is 0.0979. The molecule has 2 rings (SSSR count). The molecule has 0 amide bonds. The van der Waals surface area contributed by atoms with Crippen LogP contribution in [0.3, 0.4) is 0 Å². The highest BCUT2D eigenvalue weighted by molar-refractivity contribution is 6.17. The van der Waals surface area contributed by atoms with Crippen molar-refractivity contribution >= 4 is 11.5 Å². The molecule has 1 aromatic carbocycles. The molecule has 2 aromatic rings. The van der Waals surface area contributed by atoms with Crippen molar-refractivity contribution in [3.63, 3.8) is 0 Å². The third kappa shape index (κ3) is 3.79. The first-order chi connectivity index (χ1) is 10.8. The maximum atomic E-state index is 12.4. The molecule has 0 atom stereocenters. The maximum Gasteiger partial charge on any atom is 0.163 e. The summed E-state index contributed by atoms with van der Waals surface area (Å²) in [5.41, 5.74) is 2.06. The zero-order valence-electron chi connectivity index (χ0n) is 12.7. The first kappa shape index (κ1) is 15.9. The van der Waals surface area contributed by atoms with Gasteiger partial charge in [0.25, 0.3) is 0 Å². The van der Waals surface area contributed by atoms with Crippen LogP contribution < -0.4 is 0 Å². The van der Waals surface area contributed by atoms with Gasteiger partial charge in [-0.2, -0.15) is 0 Å². The molecule has 0 saturated heterocycles. The van der Waals surface area contributed by atoms with Crippen molar-refractivity contribution in [2.24, 2.45) is 5.16 Å². The third-order valence-corrected chi connectivity index (χ3v) is 3.50. The monoisotopic (exact) mass is 296 g/mol. The van der Waals surface area contributed by atoms with Crippen LogP contribution in [0.5, 0.6) is 0 Å². The molecule has 1 heterocycles. The molecule has 22 heavy (non-hydrogen) atoms. The Labute approximate surface area is 130 Å². The minimum Gasteiger partial charge on any atom is -0.410 e. The number of pyridine rings is 1. The lowest BCUT2D eigenvalue weighted by Crippen LogP contribution is -2.12. The van der Waals surface area contributed by atoms with Crippen LogP contribution in [0.15, 0.2) is 53.8 Å². The van der Waals surface area contributed by atoms with Gasteiger partial charge in [0.05, 0.1) is 5.69 Å². The van der Waals surface area contributed by atoms with Crippen LogP contribution >= 0.6 is 0 Å². The minimum atomic E-state index is 0.0705. The largest absolute Gasteiger partial charge is 0.410 e. The van der Waals surface area contributed by atoms with Crippen LogP contribution in [0.25, 0.3) is 0 Å². The molecule has 0 fully saturated rings. The van der Waals surface area contributed by atoms with Gasteiger partial charge in [-0.3, -0.25) is 9.78 Å². The van der Waals surface area contributed by atoms with Gasteiger partial charge < -0.3 is 5.21 Å². The summed E-state index contributed by atoms with van der Waals surface area (Å²) in [7, 11) is 0. The molecule has 0 saturated carbocycles. The number of benzene rings is 1. The van der Waals surface area contributed by atoms with Gasteiger partial charge >= 0.3 is 0 Å². The van der Waals surface area contributed by atoms with Crippen molar-refractivity contribution in [3.05, 3.63) is 65.5 Å². The van der Waals surface area contributed by atoms with E-state index in [1.54, 1.807) is 30.5 Å². The van der Waals surface area contributed by atoms with Gasteiger partial charge in [-0.1, -0.05) is 55.3 Å². The molecule has 0 radical (unpaired) electrons. The van der Waals surface area contributed by atoms with Crippen molar-refractivity contribution in [2.45, 2.75) is 32.6 Å². The van der Waals surface area contributed by atoms with Crippen molar-refractivity contribution in [3.8, 4) is 0 Å². The third-order valence-electron chi connectivity index (χ3n) is 3.50. The fourth-order valence-electron chi connectivity index (χ4n) is 2.35. The lowest BCUT2D eigenvalue weighted by Gasteiger charge is -2.10. The maximum absolute atomic E-state index is 12.4. The van der Waals surface area contributed by atoms with Crippen LogP contribution in [0.1, 0.15) is 54.2 Å². The van der Waals surface area contributed by atoms with Gasteiger partial charge in [0.2, 0.25) is 0 Å². The Morgan fingerprint density at radius 1 is 1.09 bits per heavy atom. The number of aromatic nitrogens is 1. The zero-order chi connectivity index (χ0) is 15.8. The highest BCUT2D eigenvalue weighted by atomic mass is 16.4. The number of hydrogen-bond donors (Lipinski definition) is 1. The Balaban J connectivity index is 2.33. The Hall–Kier alpha value is -2.49. The first-order valence-corrected chi connectivity index (χ1v) is 7.54. The molecule has 4 heteroatoms. The molecule has 114 valence electrons. The average Bonchev–Trinajstić information content (AvgIpc) is 2.57. The van der Waals surface area contributed by atoms with E-state index in [1.165, 1.54) is 0 Å². The smallest absolute Gasteiger partial charge is 0.163 e. The molecule has 1 N–H and O–H groups in total. The van der Waals surface area contributed by atoms with E-state index in [0.717, 1.165) is 19.3 Å². The van der Waals surface area contributed by atoms with Crippen LogP contribution in [-0.2, 0) is 0 Å². The lowest BCUT2D eigenvalue weighted by atomic mass is 9.95. The van der Waals surface area contributed by atoms with Crippen molar-refractivity contribution in [1.29, 1.82) is 0 Å². The second-order valence-corrected chi connectivity index (χ2v) is 5.09. The van der Waals surface area contributed by atoms with Crippen LogP contribution in [-0.4, -0.2) is 21.7 Å². The van der Waals surface area contributed by atoms with Gasteiger partial charge in [-0.15, -0.1) is 0 Å². The number of hydrogen-bond acceptors (Lipinski definition) is 4.